The Morgan fingerprint density at radius 2 is 2.05 bits per heavy atom. The number of aliphatic hydroxyl groups excluding tert-OH is 1. The summed E-state index contributed by atoms with van der Waals surface area (Å²) in [5.41, 5.74) is 0. The van der Waals surface area contributed by atoms with Crippen molar-refractivity contribution >= 4 is 17.7 Å². The summed E-state index contributed by atoms with van der Waals surface area (Å²) in [5, 5.41) is 12.8. The molecule has 0 aliphatic heterocycles. The van der Waals surface area contributed by atoms with E-state index in [1.54, 1.807) is 0 Å². The van der Waals surface area contributed by atoms with Gasteiger partial charge in [-0.25, -0.2) is 0 Å². The monoisotopic (exact) mass is 309 g/mol. The van der Waals surface area contributed by atoms with Gasteiger partial charge in [0.15, 0.2) is 0 Å². The molecule has 1 aromatic rings. The Balaban J connectivity index is 1.75. The molecule has 0 spiro atoms. The van der Waals surface area contributed by atoms with Gasteiger partial charge >= 0.3 is 0 Å². The first-order chi connectivity index (χ1) is 10.2. The molecule has 5 heteroatoms. The lowest BCUT2D eigenvalue weighted by atomic mass is 9.93. The van der Waals surface area contributed by atoms with Gasteiger partial charge in [-0.15, -0.1) is 11.8 Å². The van der Waals surface area contributed by atoms with Gasteiger partial charge < -0.3 is 15.2 Å². The van der Waals surface area contributed by atoms with Gasteiger partial charge in [-0.1, -0.05) is 12.8 Å². The van der Waals surface area contributed by atoms with Crippen LogP contribution in [0.1, 0.15) is 32.6 Å². The molecule has 1 amide bonds. The molecule has 1 aliphatic carbocycles. The molecule has 0 unspecified atom stereocenters. The van der Waals surface area contributed by atoms with Crippen LogP contribution in [0.2, 0.25) is 0 Å². The first kappa shape index (κ1) is 16.2. The second-order valence-corrected chi connectivity index (χ2v) is 6.27. The van der Waals surface area contributed by atoms with Crippen LogP contribution in [0.5, 0.6) is 5.75 Å². The maximum atomic E-state index is 11.9. The molecule has 2 rings (SSSR count). The molecule has 0 bridgehead atoms. The van der Waals surface area contributed by atoms with Gasteiger partial charge in [0.2, 0.25) is 5.91 Å². The molecular formula is C16H23NO3S. The van der Waals surface area contributed by atoms with Crippen LogP contribution in [0.15, 0.2) is 29.2 Å². The molecule has 4 nitrogen and oxygen atoms in total. The van der Waals surface area contributed by atoms with Gasteiger partial charge in [0.25, 0.3) is 0 Å². The number of thioether (sulfide) groups is 1. The number of rotatable bonds is 6. The lowest BCUT2D eigenvalue weighted by Crippen LogP contribution is -2.45. The Morgan fingerprint density at radius 1 is 1.33 bits per heavy atom. The number of carbonyl (C=O) groups is 1. The summed E-state index contributed by atoms with van der Waals surface area (Å²) in [5.74, 6) is 1.20. The largest absolute Gasteiger partial charge is 0.494 e. The minimum Gasteiger partial charge on any atom is -0.494 e. The van der Waals surface area contributed by atoms with Crippen molar-refractivity contribution < 1.29 is 14.6 Å². The number of amides is 1. The Bertz CT molecular complexity index is 449. The zero-order chi connectivity index (χ0) is 15.1. The lowest BCUT2D eigenvalue weighted by Gasteiger charge is -2.28. The number of ether oxygens (including phenoxy) is 1. The Morgan fingerprint density at radius 3 is 2.71 bits per heavy atom. The summed E-state index contributed by atoms with van der Waals surface area (Å²) in [6.07, 6.45) is 3.40. The van der Waals surface area contributed by atoms with E-state index in [1.165, 1.54) is 11.8 Å². The van der Waals surface area contributed by atoms with E-state index in [-0.39, 0.29) is 11.9 Å². The van der Waals surface area contributed by atoms with Crippen LogP contribution in [-0.2, 0) is 4.79 Å². The van der Waals surface area contributed by atoms with Gasteiger partial charge in [-0.3, -0.25) is 4.79 Å². The van der Waals surface area contributed by atoms with Crippen molar-refractivity contribution in [2.45, 2.75) is 49.6 Å². The van der Waals surface area contributed by atoms with Crippen molar-refractivity contribution in [2.75, 3.05) is 12.4 Å². The van der Waals surface area contributed by atoms with Crippen LogP contribution in [0, 0.1) is 0 Å². The first-order valence-corrected chi connectivity index (χ1v) is 8.50. The van der Waals surface area contributed by atoms with Crippen molar-refractivity contribution in [2.24, 2.45) is 0 Å². The normalized spacial score (nSPS) is 21.8. The molecule has 2 N–H and O–H groups in total. The van der Waals surface area contributed by atoms with Crippen LogP contribution in [-0.4, -0.2) is 35.5 Å². The van der Waals surface area contributed by atoms with Gasteiger partial charge in [0.1, 0.15) is 5.75 Å². The van der Waals surface area contributed by atoms with Crippen LogP contribution in [0.3, 0.4) is 0 Å². The molecule has 116 valence electrons. The number of hydrogen-bond acceptors (Lipinski definition) is 4. The van der Waals surface area contributed by atoms with Crippen LogP contribution in [0.25, 0.3) is 0 Å². The van der Waals surface area contributed by atoms with Crippen molar-refractivity contribution in [3.63, 3.8) is 0 Å². The van der Waals surface area contributed by atoms with Crippen LogP contribution >= 0.6 is 11.8 Å². The SMILES string of the molecule is CCOc1ccc(SCC(=O)N[C@@H]2CCCC[C@H]2O)cc1. The second-order valence-electron chi connectivity index (χ2n) is 5.22. The summed E-state index contributed by atoms with van der Waals surface area (Å²) in [4.78, 5) is 13.0. The van der Waals surface area contributed by atoms with Crippen molar-refractivity contribution in [1.29, 1.82) is 0 Å². The number of nitrogens with one attached hydrogen (secondary N) is 1. The molecule has 2 atom stereocenters. The van der Waals surface area contributed by atoms with Crippen molar-refractivity contribution in [3.8, 4) is 5.75 Å². The van der Waals surface area contributed by atoms with E-state index in [2.05, 4.69) is 5.32 Å². The maximum absolute atomic E-state index is 11.9. The smallest absolute Gasteiger partial charge is 0.230 e. The number of hydrogen-bond donors (Lipinski definition) is 2. The van der Waals surface area contributed by atoms with Gasteiger partial charge in [0.05, 0.1) is 24.5 Å². The van der Waals surface area contributed by atoms with E-state index in [0.29, 0.717) is 12.4 Å². The van der Waals surface area contributed by atoms with Crippen LogP contribution in [0.4, 0.5) is 0 Å². The van der Waals surface area contributed by atoms with E-state index >= 15 is 0 Å². The molecule has 1 aliphatic rings. The summed E-state index contributed by atoms with van der Waals surface area (Å²) < 4.78 is 5.38. The molecular weight excluding hydrogens is 286 g/mol. The van der Waals surface area contributed by atoms with E-state index < -0.39 is 6.10 Å². The summed E-state index contributed by atoms with van der Waals surface area (Å²) in [6, 6.07) is 7.66. The molecule has 0 radical (unpaired) electrons. The zero-order valence-corrected chi connectivity index (χ0v) is 13.2. The third kappa shape index (κ3) is 5.25. The Kier molecular flexibility index (Phi) is 6.39. The predicted molar refractivity (Wildman–Crippen MR) is 84.7 cm³/mol. The van der Waals surface area contributed by atoms with Crippen molar-refractivity contribution in [1.82, 2.24) is 5.32 Å². The minimum absolute atomic E-state index is 0.0140. The quantitative estimate of drug-likeness (QED) is 0.793. The third-order valence-electron chi connectivity index (χ3n) is 3.58. The molecule has 1 saturated carbocycles. The van der Waals surface area contributed by atoms with Crippen molar-refractivity contribution in [3.05, 3.63) is 24.3 Å². The standard InChI is InChI=1S/C16H23NO3S/c1-2-20-12-7-9-13(10-8-12)21-11-16(19)17-14-5-3-4-6-15(14)18/h7-10,14-15,18H,2-6,11H2,1H3,(H,17,19)/t14-,15-/m1/s1. The van der Waals surface area contributed by atoms with Gasteiger partial charge in [-0.05, 0) is 44.0 Å². The fraction of sp³-hybridized carbons (Fsp3) is 0.562. The summed E-state index contributed by atoms with van der Waals surface area (Å²) >= 11 is 1.50. The summed E-state index contributed by atoms with van der Waals surface area (Å²) in [6.45, 7) is 2.60. The minimum atomic E-state index is -0.391. The highest BCUT2D eigenvalue weighted by Crippen LogP contribution is 2.22. The Hall–Kier alpha value is -1.20. The third-order valence-corrected chi connectivity index (χ3v) is 4.59. The first-order valence-electron chi connectivity index (χ1n) is 7.52. The molecule has 1 aromatic carbocycles. The van der Waals surface area contributed by atoms with E-state index in [1.807, 2.05) is 31.2 Å². The molecule has 21 heavy (non-hydrogen) atoms. The zero-order valence-electron chi connectivity index (χ0n) is 12.4. The molecule has 0 saturated heterocycles. The highest BCUT2D eigenvalue weighted by Gasteiger charge is 2.24. The highest BCUT2D eigenvalue weighted by molar-refractivity contribution is 8.00. The molecule has 1 fully saturated rings. The van der Waals surface area contributed by atoms with E-state index in [0.717, 1.165) is 36.3 Å². The number of benzene rings is 1. The highest BCUT2D eigenvalue weighted by atomic mass is 32.2. The average Bonchev–Trinajstić information content (AvgIpc) is 2.49. The molecule has 0 heterocycles. The fourth-order valence-corrected chi connectivity index (χ4v) is 3.19. The second kappa shape index (κ2) is 8.29. The van der Waals surface area contributed by atoms with Gasteiger partial charge in [-0.2, -0.15) is 0 Å². The fourth-order valence-electron chi connectivity index (χ4n) is 2.48. The van der Waals surface area contributed by atoms with Crippen LogP contribution < -0.4 is 10.1 Å². The average molecular weight is 309 g/mol. The lowest BCUT2D eigenvalue weighted by molar-refractivity contribution is -0.120. The topological polar surface area (TPSA) is 58.6 Å². The number of carbonyl (C=O) groups excluding carboxylic acids is 1. The number of aliphatic hydroxyl groups is 1. The van der Waals surface area contributed by atoms with E-state index in [9.17, 15) is 9.90 Å². The molecule has 0 aromatic heterocycles. The summed E-state index contributed by atoms with van der Waals surface area (Å²) in [7, 11) is 0. The maximum Gasteiger partial charge on any atom is 0.230 e. The predicted octanol–water partition coefficient (Wildman–Crippen LogP) is 2.60. The van der Waals surface area contributed by atoms with Gasteiger partial charge in [0, 0.05) is 4.90 Å². The Labute approximate surface area is 130 Å². The van der Waals surface area contributed by atoms with E-state index in [4.69, 9.17) is 4.74 Å².